The van der Waals surface area contributed by atoms with Crippen molar-refractivity contribution in [3.05, 3.63) is 53.6 Å². The summed E-state index contributed by atoms with van der Waals surface area (Å²) in [5, 5.41) is 2.89. The van der Waals surface area contributed by atoms with Crippen LogP contribution in [0.15, 0.2) is 47.5 Å². The van der Waals surface area contributed by atoms with Gasteiger partial charge in [-0.3, -0.25) is 14.9 Å². The number of rotatable bonds is 7. The van der Waals surface area contributed by atoms with Crippen LogP contribution in [-0.2, 0) is 27.3 Å². The van der Waals surface area contributed by atoms with E-state index in [-0.39, 0.29) is 31.1 Å². The highest BCUT2D eigenvalue weighted by Crippen LogP contribution is 2.41. The third-order valence-electron chi connectivity index (χ3n) is 5.06. The number of nitrogens with zero attached hydrogens (tertiary/aromatic N) is 2. The fourth-order valence-electron chi connectivity index (χ4n) is 3.68. The summed E-state index contributed by atoms with van der Waals surface area (Å²) in [6, 6.07) is 13.2. The highest BCUT2D eigenvalue weighted by atomic mass is 16.6. The minimum absolute atomic E-state index is 0.0674. The molecule has 1 amide bonds. The maximum absolute atomic E-state index is 12.6. The van der Waals surface area contributed by atoms with Gasteiger partial charge in [0.25, 0.3) is 0 Å². The third-order valence-corrected chi connectivity index (χ3v) is 5.06. The largest absolute Gasteiger partial charge is 0.492 e. The maximum atomic E-state index is 12.6. The van der Waals surface area contributed by atoms with Crippen LogP contribution in [0.4, 0.5) is 5.69 Å². The highest BCUT2D eigenvalue weighted by Gasteiger charge is 2.40. The van der Waals surface area contributed by atoms with Crippen LogP contribution in [0, 0.1) is 0 Å². The van der Waals surface area contributed by atoms with Crippen LogP contribution in [-0.4, -0.2) is 49.1 Å². The van der Waals surface area contributed by atoms with Gasteiger partial charge in [-0.2, -0.15) is 0 Å². The van der Waals surface area contributed by atoms with Gasteiger partial charge in [0, 0.05) is 18.9 Å². The predicted molar refractivity (Wildman–Crippen MR) is 110 cm³/mol. The van der Waals surface area contributed by atoms with E-state index < -0.39 is 0 Å². The van der Waals surface area contributed by atoms with E-state index in [2.05, 4.69) is 10.3 Å². The summed E-state index contributed by atoms with van der Waals surface area (Å²) in [5.74, 6) is 1.24. The van der Waals surface area contributed by atoms with Crippen molar-refractivity contribution < 1.29 is 23.8 Å². The maximum Gasteiger partial charge on any atom is 0.302 e. The van der Waals surface area contributed by atoms with Crippen LogP contribution in [0.25, 0.3) is 0 Å². The molecule has 8 nitrogen and oxygen atoms in total. The zero-order valence-corrected chi connectivity index (χ0v) is 16.9. The van der Waals surface area contributed by atoms with E-state index in [1.54, 1.807) is 13.2 Å². The highest BCUT2D eigenvalue weighted by molar-refractivity contribution is 6.08. The lowest BCUT2D eigenvalue weighted by Crippen LogP contribution is -2.38. The average molecular weight is 409 g/mol. The molecule has 1 atom stereocenters. The van der Waals surface area contributed by atoms with E-state index in [0.717, 1.165) is 16.8 Å². The molecule has 1 N–H and O–H groups in total. The number of methoxy groups -OCH3 is 1. The molecule has 0 saturated carbocycles. The molecular weight excluding hydrogens is 386 g/mol. The van der Waals surface area contributed by atoms with Gasteiger partial charge in [-0.1, -0.05) is 30.3 Å². The van der Waals surface area contributed by atoms with Crippen molar-refractivity contribution in [2.24, 2.45) is 4.99 Å². The number of guanidine groups is 1. The van der Waals surface area contributed by atoms with Gasteiger partial charge >= 0.3 is 5.97 Å². The van der Waals surface area contributed by atoms with Gasteiger partial charge in [0.05, 0.1) is 19.3 Å². The third kappa shape index (κ3) is 3.94. The van der Waals surface area contributed by atoms with Gasteiger partial charge in [-0.25, -0.2) is 4.99 Å². The van der Waals surface area contributed by atoms with E-state index in [4.69, 9.17) is 14.2 Å². The van der Waals surface area contributed by atoms with Crippen molar-refractivity contribution >= 4 is 23.5 Å². The molecule has 1 saturated heterocycles. The molecule has 156 valence electrons. The minimum atomic E-state index is -0.353. The van der Waals surface area contributed by atoms with Crippen LogP contribution < -0.4 is 14.8 Å². The first-order valence-corrected chi connectivity index (χ1v) is 9.73. The topological polar surface area (TPSA) is 89.5 Å². The molecule has 0 aliphatic carbocycles. The molecule has 2 aliphatic heterocycles. The van der Waals surface area contributed by atoms with Crippen molar-refractivity contribution in [3.8, 4) is 11.5 Å². The average Bonchev–Trinajstić information content (AvgIpc) is 3.04. The Hall–Kier alpha value is -3.55. The molecule has 2 aliphatic rings. The Labute approximate surface area is 174 Å². The van der Waals surface area contributed by atoms with E-state index in [1.165, 1.54) is 6.92 Å². The van der Waals surface area contributed by atoms with Gasteiger partial charge in [0.15, 0.2) is 11.5 Å². The predicted octanol–water partition coefficient (Wildman–Crippen LogP) is 2.18. The van der Waals surface area contributed by atoms with Crippen molar-refractivity contribution in [2.75, 3.05) is 20.3 Å². The number of esters is 1. The van der Waals surface area contributed by atoms with Crippen molar-refractivity contribution in [3.63, 3.8) is 0 Å². The summed E-state index contributed by atoms with van der Waals surface area (Å²) >= 11 is 0. The first kappa shape index (κ1) is 19.8. The lowest BCUT2D eigenvalue weighted by molar-refractivity contribution is -0.141. The summed E-state index contributed by atoms with van der Waals surface area (Å²) in [5.41, 5.74) is 2.66. The second-order valence-corrected chi connectivity index (χ2v) is 7.04. The Balaban J connectivity index is 1.56. The second-order valence-electron chi connectivity index (χ2n) is 7.04. The lowest BCUT2D eigenvalue weighted by atomic mass is 10.0. The van der Waals surface area contributed by atoms with Crippen molar-refractivity contribution in [1.29, 1.82) is 0 Å². The Morgan fingerprint density at radius 1 is 1.20 bits per heavy atom. The molecule has 0 spiro atoms. The number of amides is 1. The Morgan fingerprint density at radius 2 is 2.00 bits per heavy atom. The van der Waals surface area contributed by atoms with Crippen molar-refractivity contribution in [1.82, 2.24) is 10.2 Å². The number of hydrogen-bond acceptors (Lipinski definition) is 7. The monoisotopic (exact) mass is 409 g/mol. The number of carbonyl (C=O) groups excluding carboxylic acids is 2. The molecular formula is C22H23N3O5. The first-order valence-electron chi connectivity index (χ1n) is 9.73. The molecule has 0 radical (unpaired) electrons. The number of hydrogen-bond donors (Lipinski definition) is 1. The standard InChI is InChI=1S/C22H23N3O5/c1-14(26)29-10-11-30-19-9-8-17-16(20(19)28-2)13-25-18(21(27)24-22(25)23-17)12-15-6-4-3-5-7-15/h3-9,18H,10-13H2,1-2H3,(H,23,24,27). The summed E-state index contributed by atoms with van der Waals surface area (Å²) in [6.45, 7) is 2.19. The summed E-state index contributed by atoms with van der Waals surface area (Å²) in [4.78, 5) is 30.1. The zero-order valence-electron chi connectivity index (χ0n) is 16.9. The van der Waals surface area contributed by atoms with Crippen LogP contribution in [0.2, 0.25) is 0 Å². The van der Waals surface area contributed by atoms with E-state index in [9.17, 15) is 9.59 Å². The number of ether oxygens (including phenoxy) is 3. The molecule has 0 aromatic heterocycles. The molecule has 2 aromatic carbocycles. The molecule has 8 heteroatoms. The number of carbonyl (C=O) groups is 2. The van der Waals surface area contributed by atoms with Gasteiger partial charge in [-0.15, -0.1) is 0 Å². The van der Waals surface area contributed by atoms with Gasteiger partial charge in [0.2, 0.25) is 11.9 Å². The number of benzene rings is 2. The van der Waals surface area contributed by atoms with Crippen LogP contribution in [0.1, 0.15) is 18.1 Å². The smallest absolute Gasteiger partial charge is 0.302 e. The summed E-state index contributed by atoms with van der Waals surface area (Å²) < 4.78 is 16.3. The number of nitrogens with one attached hydrogen (secondary N) is 1. The summed E-state index contributed by atoms with van der Waals surface area (Å²) in [7, 11) is 1.57. The molecule has 1 fully saturated rings. The van der Waals surface area contributed by atoms with Crippen molar-refractivity contribution in [2.45, 2.75) is 25.9 Å². The number of fused-ring (bicyclic) bond motifs is 2. The van der Waals surface area contributed by atoms with Crippen LogP contribution in [0.5, 0.6) is 11.5 Å². The van der Waals surface area contributed by atoms with Gasteiger partial charge in [0.1, 0.15) is 19.3 Å². The van der Waals surface area contributed by atoms with E-state index in [1.807, 2.05) is 41.3 Å². The molecule has 0 bridgehead atoms. The van der Waals surface area contributed by atoms with Crippen LogP contribution in [0.3, 0.4) is 0 Å². The molecule has 4 rings (SSSR count). The Morgan fingerprint density at radius 3 is 2.73 bits per heavy atom. The van der Waals surface area contributed by atoms with Gasteiger partial charge in [-0.05, 0) is 17.7 Å². The zero-order chi connectivity index (χ0) is 21.1. The molecule has 2 aromatic rings. The van der Waals surface area contributed by atoms with Crippen LogP contribution >= 0.6 is 0 Å². The molecule has 2 heterocycles. The Kier molecular flexibility index (Phi) is 5.56. The normalized spacial score (nSPS) is 16.9. The quantitative estimate of drug-likeness (QED) is 0.557. The SMILES string of the molecule is COc1c(OCCOC(C)=O)ccc2c1CN1C(=N2)NC(=O)C1Cc1ccccc1. The minimum Gasteiger partial charge on any atom is -0.492 e. The fourth-order valence-corrected chi connectivity index (χ4v) is 3.68. The second kappa shape index (κ2) is 8.44. The fraction of sp³-hybridized carbons (Fsp3) is 0.318. The molecule has 30 heavy (non-hydrogen) atoms. The number of aliphatic imine (C=N–C) groups is 1. The lowest BCUT2D eigenvalue weighted by Gasteiger charge is -2.29. The van der Waals surface area contributed by atoms with Gasteiger partial charge < -0.3 is 19.1 Å². The summed E-state index contributed by atoms with van der Waals surface area (Å²) in [6.07, 6.45) is 0.585. The van der Waals surface area contributed by atoms with E-state index in [0.29, 0.717) is 30.4 Å². The Bertz CT molecular complexity index is 990. The van der Waals surface area contributed by atoms with E-state index >= 15 is 0 Å². The molecule has 1 unspecified atom stereocenters. The first-order chi connectivity index (χ1) is 14.6.